The van der Waals surface area contributed by atoms with Gasteiger partial charge in [0, 0.05) is 18.8 Å². The predicted molar refractivity (Wildman–Crippen MR) is 91.3 cm³/mol. The van der Waals surface area contributed by atoms with Crippen molar-refractivity contribution in [2.75, 3.05) is 18.0 Å². The number of benzene rings is 1. The quantitative estimate of drug-likeness (QED) is 0.511. The number of rotatable bonds is 7. The van der Waals surface area contributed by atoms with Crippen molar-refractivity contribution in [1.82, 2.24) is 4.98 Å². The molecule has 0 saturated carbocycles. The van der Waals surface area contributed by atoms with Crippen molar-refractivity contribution < 1.29 is 4.79 Å². The molecule has 0 aliphatic heterocycles. The lowest BCUT2D eigenvalue weighted by Gasteiger charge is -2.22. The summed E-state index contributed by atoms with van der Waals surface area (Å²) in [5.74, 6) is 0. The van der Waals surface area contributed by atoms with Crippen molar-refractivity contribution in [3.05, 3.63) is 34.3 Å². The zero-order chi connectivity index (χ0) is 15.9. The van der Waals surface area contributed by atoms with Gasteiger partial charge in [0.2, 0.25) is 5.13 Å². The van der Waals surface area contributed by atoms with Crippen LogP contribution in [0, 0.1) is 0 Å². The lowest BCUT2D eigenvalue weighted by molar-refractivity contribution is 0.112. The van der Waals surface area contributed by atoms with Gasteiger partial charge in [-0.1, -0.05) is 29.9 Å². The van der Waals surface area contributed by atoms with Crippen LogP contribution in [0.3, 0.4) is 0 Å². The lowest BCUT2D eigenvalue weighted by atomic mass is 10.2. The average Bonchev–Trinajstić information content (AvgIpc) is 2.91. The minimum Gasteiger partial charge on any atom is -0.372 e. The Balaban J connectivity index is 2.09. The average molecular weight is 337 g/mol. The first-order valence-corrected chi connectivity index (χ1v) is 8.25. The van der Waals surface area contributed by atoms with Crippen molar-refractivity contribution in [2.24, 2.45) is 10.2 Å². The number of carbonyl (C=O) groups excluding carboxylic acids is 1. The van der Waals surface area contributed by atoms with Crippen LogP contribution in [0.5, 0.6) is 0 Å². The second-order valence-electron chi connectivity index (χ2n) is 4.57. The number of azo groups is 1. The van der Waals surface area contributed by atoms with Crippen molar-refractivity contribution >= 4 is 45.7 Å². The van der Waals surface area contributed by atoms with Crippen molar-refractivity contribution in [1.29, 1.82) is 0 Å². The zero-order valence-electron chi connectivity index (χ0n) is 12.5. The minimum atomic E-state index is 0.169. The van der Waals surface area contributed by atoms with Gasteiger partial charge >= 0.3 is 0 Å². The van der Waals surface area contributed by atoms with Gasteiger partial charge in [0.15, 0.2) is 11.4 Å². The molecule has 0 spiro atoms. The second-order valence-corrected chi connectivity index (χ2v) is 5.93. The first-order valence-electron chi connectivity index (χ1n) is 7.06. The molecular weight excluding hydrogens is 320 g/mol. The molecule has 0 bridgehead atoms. The van der Waals surface area contributed by atoms with Crippen molar-refractivity contribution in [3.63, 3.8) is 0 Å². The van der Waals surface area contributed by atoms with Crippen LogP contribution in [0.15, 0.2) is 34.5 Å². The van der Waals surface area contributed by atoms with Gasteiger partial charge in [-0.15, -0.1) is 10.2 Å². The maximum absolute atomic E-state index is 10.7. The summed E-state index contributed by atoms with van der Waals surface area (Å²) in [7, 11) is 0. The van der Waals surface area contributed by atoms with E-state index in [9.17, 15) is 4.79 Å². The van der Waals surface area contributed by atoms with Crippen molar-refractivity contribution in [2.45, 2.75) is 20.3 Å². The Hall–Kier alpha value is -1.79. The monoisotopic (exact) mass is 336 g/mol. The van der Waals surface area contributed by atoms with Gasteiger partial charge in [0.25, 0.3) is 0 Å². The highest BCUT2D eigenvalue weighted by Gasteiger charge is 2.07. The van der Waals surface area contributed by atoms with Gasteiger partial charge < -0.3 is 4.90 Å². The number of hydrogen-bond donors (Lipinski definition) is 0. The van der Waals surface area contributed by atoms with E-state index in [-0.39, 0.29) is 5.15 Å². The molecule has 0 saturated heterocycles. The van der Waals surface area contributed by atoms with E-state index in [4.69, 9.17) is 11.6 Å². The van der Waals surface area contributed by atoms with E-state index in [1.807, 2.05) is 24.3 Å². The van der Waals surface area contributed by atoms with Crippen molar-refractivity contribution in [3.8, 4) is 0 Å². The van der Waals surface area contributed by atoms with Gasteiger partial charge in [-0.3, -0.25) is 4.79 Å². The topological polar surface area (TPSA) is 57.9 Å². The number of aldehydes is 1. The first kappa shape index (κ1) is 16.6. The Kier molecular flexibility index (Phi) is 6.03. The number of anilines is 1. The third kappa shape index (κ3) is 4.11. The molecule has 0 unspecified atom stereocenters. The highest BCUT2D eigenvalue weighted by molar-refractivity contribution is 7.17. The number of thiazole rings is 1. The third-order valence-corrected chi connectivity index (χ3v) is 4.31. The van der Waals surface area contributed by atoms with Crippen LogP contribution in [0.2, 0.25) is 5.15 Å². The SMILES string of the molecule is CCCN(CC)c1ccc(/N=N/c2nc(Cl)c(C=O)s2)cc1. The fraction of sp³-hybridized carbons (Fsp3) is 0.333. The van der Waals surface area contributed by atoms with Crippen LogP contribution >= 0.6 is 22.9 Å². The molecule has 7 heteroatoms. The summed E-state index contributed by atoms with van der Waals surface area (Å²) in [6.45, 7) is 6.31. The largest absolute Gasteiger partial charge is 0.372 e. The maximum atomic E-state index is 10.7. The van der Waals surface area contributed by atoms with Crippen LogP contribution in [0.1, 0.15) is 29.9 Å². The highest BCUT2D eigenvalue weighted by Crippen LogP contribution is 2.29. The Morgan fingerprint density at radius 3 is 2.55 bits per heavy atom. The molecule has 1 heterocycles. The molecule has 2 aromatic rings. The van der Waals surface area contributed by atoms with Gasteiger partial charge in [-0.25, -0.2) is 4.98 Å². The summed E-state index contributed by atoms with van der Waals surface area (Å²) >= 11 is 6.91. The summed E-state index contributed by atoms with van der Waals surface area (Å²) in [5.41, 5.74) is 1.90. The van der Waals surface area contributed by atoms with E-state index in [0.29, 0.717) is 16.3 Å². The van der Waals surface area contributed by atoms with E-state index < -0.39 is 0 Å². The van der Waals surface area contributed by atoms with Crippen LogP contribution in [0.25, 0.3) is 0 Å². The van der Waals surface area contributed by atoms with E-state index in [2.05, 4.69) is 34.0 Å². The molecule has 0 aliphatic carbocycles. The summed E-state index contributed by atoms with van der Waals surface area (Å²) in [4.78, 5) is 17.3. The summed E-state index contributed by atoms with van der Waals surface area (Å²) in [6.07, 6.45) is 1.78. The minimum absolute atomic E-state index is 0.169. The van der Waals surface area contributed by atoms with Crippen LogP contribution < -0.4 is 4.90 Å². The van der Waals surface area contributed by atoms with Crippen LogP contribution in [-0.2, 0) is 0 Å². The predicted octanol–water partition coefficient (Wildman–Crippen LogP) is 5.26. The molecule has 0 N–H and O–H groups in total. The molecule has 5 nitrogen and oxygen atoms in total. The summed E-state index contributed by atoms with van der Waals surface area (Å²) in [6, 6.07) is 7.87. The highest BCUT2D eigenvalue weighted by atomic mass is 35.5. The van der Waals surface area contributed by atoms with E-state index in [0.717, 1.165) is 36.5 Å². The van der Waals surface area contributed by atoms with Gasteiger partial charge in [0.05, 0.1) is 5.69 Å². The Labute approximate surface area is 138 Å². The first-order chi connectivity index (χ1) is 10.7. The Bertz CT molecular complexity index is 654. The Morgan fingerprint density at radius 2 is 2.00 bits per heavy atom. The van der Waals surface area contributed by atoms with Crippen LogP contribution in [0.4, 0.5) is 16.5 Å². The van der Waals surface area contributed by atoms with Gasteiger partial charge in [-0.2, -0.15) is 0 Å². The summed E-state index contributed by atoms with van der Waals surface area (Å²) in [5, 5.41) is 8.67. The summed E-state index contributed by atoms with van der Waals surface area (Å²) < 4.78 is 0. The fourth-order valence-corrected chi connectivity index (χ4v) is 2.87. The number of hydrogen-bond acceptors (Lipinski definition) is 6. The fourth-order valence-electron chi connectivity index (χ4n) is 1.99. The van der Waals surface area contributed by atoms with E-state index >= 15 is 0 Å². The second kappa shape index (κ2) is 8.00. The zero-order valence-corrected chi connectivity index (χ0v) is 14.1. The maximum Gasteiger partial charge on any atom is 0.232 e. The number of halogens is 1. The molecule has 0 aliphatic rings. The molecule has 22 heavy (non-hydrogen) atoms. The molecular formula is C15H17ClN4OS. The smallest absolute Gasteiger partial charge is 0.232 e. The van der Waals surface area contributed by atoms with Gasteiger partial charge in [0.1, 0.15) is 4.88 Å². The van der Waals surface area contributed by atoms with E-state index in [1.54, 1.807) is 0 Å². The molecule has 0 radical (unpaired) electrons. The van der Waals surface area contributed by atoms with E-state index in [1.165, 1.54) is 5.69 Å². The molecule has 1 aromatic carbocycles. The molecule has 0 fully saturated rings. The lowest BCUT2D eigenvalue weighted by Crippen LogP contribution is -2.23. The molecule has 1 aromatic heterocycles. The molecule has 0 atom stereocenters. The molecule has 2 rings (SSSR count). The Morgan fingerprint density at radius 1 is 1.27 bits per heavy atom. The normalized spacial score (nSPS) is 11.0. The standard InChI is InChI=1S/C15H17ClN4OS/c1-3-9-20(4-2)12-7-5-11(6-8-12)18-19-15-17-14(16)13(10-21)22-15/h5-8,10H,3-4,9H2,1-2H3/b19-18+. The number of carbonyl (C=O) groups is 1. The third-order valence-electron chi connectivity index (χ3n) is 3.05. The number of nitrogens with zero attached hydrogens (tertiary/aromatic N) is 4. The number of aromatic nitrogens is 1. The van der Waals surface area contributed by atoms with Crippen LogP contribution in [-0.4, -0.2) is 24.4 Å². The molecule has 116 valence electrons. The molecule has 0 amide bonds. The van der Waals surface area contributed by atoms with Gasteiger partial charge in [-0.05, 0) is 37.6 Å².